The minimum absolute atomic E-state index is 0.0530. The number of nitrogens with two attached hydrogens (primary N) is 1. The third kappa shape index (κ3) is 4.47. The van der Waals surface area contributed by atoms with Gasteiger partial charge in [-0.1, -0.05) is 0 Å². The van der Waals surface area contributed by atoms with E-state index in [0.717, 1.165) is 0 Å². The summed E-state index contributed by atoms with van der Waals surface area (Å²) in [5, 5.41) is 9.13. The molecule has 2 atom stereocenters. The summed E-state index contributed by atoms with van der Waals surface area (Å²) in [4.78, 5) is 24.9. The Balaban J connectivity index is 2.66. The van der Waals surface area contributed by atoms with E-state index in [1.807, 2.05) is 20.8 Å². The Labute approximate surface area is 113 Å². The molecule has 110 valence electrons. The van der Waals surface area contributed by atoms with Crippen molar-refractivity contribution in [2.75, 3.05) is 19.8 Å². The molecule has 0 aliphatic carbocycles. The Hall–Kier alpha value is -1.14. The predicted molar refractivity (Wildman–Crippen MR) is 70.6 cm³/mol. The minimum Gasteiger partial charge on any atom is -0.481 e. The molecule has 1 rings (SSSR count). The smallest absolute Gasteiger partial charge is 0.311 e. The van der Waals surface area contributed by atoms with Crippen molar-refractivity contribution < 1.29 is 19.4 Å². The average Bonchev–Trinajstić information content (AvgIpc) is 2.75. The van der Waals surface area contributed by atoms with E-state index in [0.29, 0.717) is 26.0 Å². The van der Waals surface area contributed by atoms with Crippen molar-refractivity contribution in [3.63, 3.8) is 0 Å². The normalized spacial score (nSPS) is 23.4. The molecule has 1 aliphatic heterocycles. The van der Waals surface area contributed by atoms with E-state index >= 15 is 0 Å². The molecule has 1 amide bonds. The van der Waals surface area contributed by atoms with Crippen LogP contribution in [0.3, 0.4) is 0 Å². The number of amides is 1. The summed E-state index contributed by atoms with van der Waals surface area (Å²) in [7, 11) is 0. The number of ether oxygens (including phenoxy) is 1. The van der Waals surface area contributed by atoms with Gasteiger partial charge in [0.25, 0.3) is 0 Å². The number of carboxylic acids is 1. The summed E-state index contributed by atoms with van der Waals surface area (Å²) < 4.78 is 5.21. The van der Waals surface area contributed by atoms with E-state index in [-0.39, 0.29) is 18.6 Å². The van der Waals surface area contributed by atoms with Gasteiger partial charge in [-0.2, -0.15) is 0 Å². The van der Waals surface area contributed by atoms with Gasteiger partial charge in [0.15, 0.2) is 0 Å². The van der Waals surface area contributed by atoms with Crippen LogP contribution in [0.25, 0.3) is 0 Å². The van der Waals surface area contributed by atoms with Crippen LogP contribution in [-0.4, -0.2) is 53.2 Å². The number of carbonyl (C=O) groups excluding carboxylic acids is 1. The fourth-order valence-electron chi connectivity index (χ4n) is 2.25. The molecular weight excluding hydrogens is 248 g/mol. The fourth-order valence-corrected chi connectivity index (χ4v) is 2.25. The van der Waals surface area contributed by atoms with Crippen LogP contribution in [0.1, 0.15) is 33.6 Å². The van der Waals surface area contributed by atoms with Crippen molar-refractivity contribution in [3.8, 4) is 0 Å². The molecule has 0 aromatic carbocycles. The quantitative estimate of drug-likeness (QED) is 0.732. The second-order valence-corrected chi connectivity index (χ2v) is 5.72. The number of carboxylic acid groups (broad SMARTS) is 1. The molecule has 0 aromatic heterocycles. The minimum atomic E-state index is -0.909. The lowest BCUT2D eigenvalue weighted by Crippen LogP contribution is -2.47. The first-order valence-electron chi connectivity index (χ1n) is 6.65. The number of nitrogens with zero attached hydrogens (tertiary/aromatic N) is 1. The molecule has 3 N–H and O–H groups in total. The molecule has 0 bridgehead atoms. The van der Waals surface area contributed by atoms with Crippen molar-refractivity contribution >= 4 is 11.9 Å². The van der Waals surface area contributed by atoms with Gasteiger partial charge in [-0.3, -0.25) is 9.59 Å². The maximum Gasteiger partial charge on any atom is 0.311 e. The molecule has 6 nitrogen and oxygen atoms in total. The second kappa shape index (κ2) is 6.34. The Bertz CT molecular complexity index is 338. The number of carbonyl (C=O) groups is 2. The van der Waals surface area contributed by atoms with Crippen molar-refractivity contribution in [2.45, 2.75) is 45.2 Å². The first kappa shape index (κ1) is 15.9. The van der Waals surface area contributed by atoms with E-state index in [9.17, 15) is 9.59 Å². The van der Waals surface area contributed by atoms with E-state index in [1.165, 1.54) is 0 Å². The molecule has 1 aliphatic rings. The van der Waals surface area contributed by atoms with Crippen LogP contribution < -0.4 is 5.73 Å². The maximum atomic E-state index is 12.2. The van der Waals surface area contributed by atoms with Gasteiger partial charge in [-0.15, -0.1) is 0 Å². The number of hydrogen-bond acceptors (Lipinski definition) is 4. The van der Waals surface area contributed by atoms with E-state index in [4.69, 9.17) is 15.6 Å². The topological polar surface area (TPSA) is 92.9 Å². The Kier molecular flexibility index (Phi) is 5.31. The highest BCUT2D eigenvalue weighted by Crippen LogP contribution is 2.21. The molecule has 0 saturated carbocycles. The number of likely N-dealkylation sites (N-methyl/N-ethyl adjacent to an activating group) is 1. The number of rotatable bonds is 6. The lowest BCUT2D eigenvalue weighted by molar-refractivity contribution is -0.145. The Morgan fingerprint density at radius 2 is 2.05 bits per heavy atom. The van der Waals surface area contributed by atoms with Crippen molar-refractivity contribution in [2.24, 2.45) is 11.7 Å². The molecule has 1 heterocycles. The van der Waals surface area contributed by atoms with Crippen LogP contribution >= 0.6 is 0 Å². The zero-order valence-corrected chi connectivity index (χ0v) is 11.9. The van der Waals surface area contributed by atoms with Crippen LogP contribution in [0.4, 0.5) is 0 Å². The van der Waals surface area contributed by atoms with Crippen LogP contribution in [0.2, 0.25) is 0 Å². The summed E-state index contributed by atoms with van der Waals surface area (Å²) in [5.74, 6) is -1.59. The van der Waals surface area contributed by atoms with Gasteiger partial charge < -0.3 is 20.5 Å². The lowest BCUT2D eigenvalue weighted by atomic mass is 9.98. The number of hydrogen-bond donors (Lipinski definition) is 2. The predicted octanol–water partition coefficient (Wildman–Crippen LogP) is 0.452. The zero-order valence-electron chi connectivity index (χ0n) is 11.9. The van der Waals surface area contributed by atoms with Crippen molar-refractivity contribution in [3.05, 3.63) is 0 Å². The first-order chi connectivity index (χ1) is 8.76. The van der Waals surface area contributed by atoms with Gasteiger partial charge in [0.2, 0.25) is 5.91 Å². The summed E-state index contributed by atoms with van der Waals surface area (Å²) in [5.41, 5.74) is 5.47. The van der Waals surface area contributed by atoms with Crippen molar-refractivity contribution in [1.29, 1.82) is 0 Å². The molecule has 2 unspecified atom stereocenters. The molecular formula is C13H24N2O4. The van der Waals surface area contributed by atoms with Crippen LogP contribution in [0.15, 0.2) is 0 Å². The fraction of sp³-hybridized carbons (Fsp3) is 0.846. The van der Waals surface area contributed by atoms with Gasteiger partial charge in [-0.25, -0.2) is 0 Å². The van der Waals surface area contributed by atoms with Gasteiger partial charge in [0.05, 0.1) is 19.3 Å². The average molecular weight is 272 g/mol. The summed E-state index contributed by atoms with van der Waals surface area (Å²) in [6.45, 7) is 6.55. The third-order valence-corrected chi connectivity index (χ3v) is 3.41. The molecule has 1 saturated heterocycles. The highest BCUT2D eigenvalue weighted by atomic mass is 16.5. The lowest BCUT2D eigenvalue weighted by Gasteiger charge is -2.30. The highest BCUT2D eigenvalue weighted by Gasteiger charge is 2.39. The second-order valence-electron chi connectivity index (χ2n) is 5.72. The summed E-state index contributed by atoms with van der Waals surface area (Å²) in [6, 6.07) is -0.365. The van der Waals surface area contributed by atoms with Crippen LogP contribution in [0.5, 0.6) is 0 Å². The monoisotopic (exact) mass is 272 g/mol. The van der Waals surface area contributed by atoms with E-state index < -0.39 is 17.4 Å². The first-order valence-corrected chi connectivity index (χ1v) is 6.65. The number of aliphatic carboxylic acids is 1. The van der Waals surface area contributed by atoms with Gasteiger partial charge in [-0.05, 0) is 27.2 Å². The van der Waals surface area contributed by atoms with Crippen LogP contribution in [-0.2, 0) is 14.3 Å². The van der Waals surface area contributed by atoms with Crippen molar-refractivity contribution in [1.82, 2.24) is 4.90 Å². The van der Waals surface area contributed by atoms with Gasteiger partial charge >= 0.3 is 5.97 Å². The molecule has 6 heteroatoms. The molecule has 19 heavy (non-hydrogen) atoms. The molecule has 0 spiro atoms. The standard InChI is InChI=1S/C13H24N2O4/c1-4-15(11(16)5-6-13(2,3)14)10-8-19-7-9(10)12(17)18/h9-10H,4-8,14H2,1-3H3,(H,17,18). The largest absolute Gasteiger partial charge is 0.481 e. The molecule has 0 radical (unpaired) electrons. The Morgan fingerprint density at radius 3 is 2.53 bits per heavy atom. The maximum absolute atomic E-state index is 12.2. The van der Waals surface area contributed by atoms with Gasteiger partial charge in [0, 0.05) is 18.5 Å². The van der Waals surface area contributed by atoms with E-state index in [1.54, 1.807) is 4.90 Å². The van der Waals surface area contributed by atoms with Crippen LogP contribution in [0, 0.1) is 5.92 Å². The van der Waals surface area contributed by atoms with Gasteiger partial charge in [0.1, 0.15) is 5.92 Å². The molecule has 1 fully saturated rings. The van der Waals surface area contributed by atoms with E-state index in [2.05, 4.69) is 0 Å². The Morgan fingerprint density at radius 1 is 1.42 bits per heavy atom. The summed E-state index contributed by atoms with van der Waals surface area (Å²) in [6.07, 6.45) is 0.911. The molecule has 0 aromatic rings. The summed E-state index contributed by atoms with van der Waals surface area (Å²) >= 11 is 0. The highest BCUT2D eigenvalue weighted by molar-refractivity contribution is 5.78. The SMILES string of the molecule is CCN(C(=O)CCC(C)(C)N)C1COCC1C(=O)O. The zero-order chi connectivity index (χ0) is 14.6. The third-order valence-electron chi connectivity index (χ3n) is 3.41.